The average Bonchev–Trinajstić information content (AvgIpc) is 2.26. The molecular formula is C14H19BrFNO. The molecule has 1 saturated carbocycles. The second-order valence-corrected chi connectivity index (χ2v) is 6.41. The molecule has 1 fully saturated rings. The van der Waals surface area contributed by atoms with Gasteiger partial charge in [0.2, 0.25) is 0 Å². The summed E-state index contributed by atoms with van der Waals surface area (Å²) in [6, 6.07) is 5.40. The molecule has 2 nitrogen and oxygen atoms in total. The van der Waals surface area contributed by atoms with Crippen LogP contribution in [0.15, 0.2) is 22.7 Å². The molecule has 0 radical (unpaired) electrons. The van der Waals surface area contributed by atoms with E-state index in [1.807, 2.05) is 6.07 Å². The summed E-state index contributed by atoms with van der Waals surface area (Å²) in [5, 5.41) is 3.48. The molecule has 0 amide bonds. The molecule has 100 valence electrons. The number of benzene rings is 1. The van der Waals surface area contributed by atoms with Gasteiger partial charge in [0, 0.05) is 29.6 Å². The van der Waals surface area contributed by atoms with Crippen molar-refractivity contribution in [3.8, 4) is 0 Å². The van der Waals surface area contributed by atoms with Crippen molar-refractivity contribution < 1.29 is 9.13 Å². The Morgan fingerprint density at radius 2 is 2.17 bits per heavy atom. The van der Waals surface area contributed by atoms with Crippen molar-refractivity contribution in [1.82, 2.24) is 5.32 Å². The molecule has 0 bridgehead atoms. The Hall–Kier alpha value is -0.450. The van der Waals surface area contributed by atoms with Crippen LogP contribution in [0.3, 0.4) is 0 Å². The standard InChI is InChI=1S/C14H19BrFNO/c1-14(2)12(7-13(14)18-3)17-8-9-4-10(15)6-11(16)5-9/h4-6,12-13,17H,7-8H2,1-3H3. The van der Waals surface area contributed by atoms with Crippen LogP contribution >= 0.6 is 15.9 Å². The average molecular weight is 316 g/mol. The molecule has 0 aromatic heterocycles. The lowest BCUT2D eigenvalue weighted by atomic mass is 9.64. The number of halogens is 2. The number of rotatable bonds is 4. The first kappa shape index (κ1) is 14.0. The fourth-order valence-corrected chi connectivity index (χ4v) is 3.10. The number of nitrogens with one attached hydrogen (secondary N) is 1. The van der Waals surface area contributed by atoms with Gasteiger partial charge in [-0.15, -0.1) is 0 Å². The van der Waals surface area contributed by atoms with Gasteiger partial charge in [0.1, 0.15) is 5.82 Å². The van der Waals surface area contributed by atoms with E-state index in [1.54, 1.807) is 13.2 Å². The fraction of sp³-hybridized carbons (Fsp3) is 0.571. The Balaban J connectivity index is 1.93. The number of hydrogen-bond acceptors (Lipinski definition) is 2. The van der Waals surface area contributed by atoms with Gasteiger partial charge in [-0.25, -0.2) is 4.39 Å². The van der Waals surface area contributed by atoms with Gasteiger partial charge in [-0.3, -0.25) is 0 Å². The highest BCUT2D eigenvalue weighted by Crippen LogP contribution is 2.42. The van der Waals surface area contributed by atoms with Crippen LogP contribution in [0, 0.1) is 11.2 Å². The molecule has 1 aromatic carbocycles. The van der Waals surface area contributed by atoms with Gasteiger partial charge < -0.3 is 10.1 Å². The van der Waals surface area contributed by atoms with Crippen LogP contribution < -0.4 is 5.32 Å². The maximum Gasteiger partial charge on any atom is 0.124 e. The van der Waals surface area contributed by atoms with Crippen molar-refractivity contribution >= 4 is 15.9 Å². The predicted octanol–water partition coefficient (Wildman–Crippen LogP) is 3.49. The fourth-order valence-electron chi connectivity index (χ4n) is 2.59. The van der Waals surface area contributed by atoms with E-state index >= 15 is 0 Å². The Labute approximate surface area is 116 Å². The quantitative estimate of drug-likeness (QED) is 0.918. The van der Waals surface area contributed by atoms with Crippen LogP contribution in [-0.2, 0) is 11.3 Å². The van der Waals surface area contributed by atoms with Crippen molar-refractivity contribution in [1.29, 1.82) is 0 Å². The summed E-state index contributed by atoms with van der Waals surface area (Å²) < 4.78 is 19.4. The van der Waals surface area contributed by atoms with E-state index in [0.717, 1.165) is 16.5 Å². The van der Waals surface area contributed by atoms with Crippen LogP contribution in [0.4, 0.5) is 4.39 Å². The molecule has 4 heteroatoms. The van der Waals surface area contributed by atoms with Crippen LogP contribution in [0.2, 0.25) is 0 Å². The molecule has 1 aliphatic carbocycles. The maximum absolute atomic E-state index is 13.2. The third-order valence-corrected chi connectivity index (χ3v) is 4.40. The normalized spacial score (nSPS) is 25.8. The molecule has 2 unspecified atom stereocenters. The van der Waals surface area contributed by atoms with E-state index in [0.29, 0.717) is 18.7 Å². The molecule has 1 aliphatic rings. The lowest BCUT2D eigenvalue weighted by Crippen LogP contribution is -2.60. The molecule has 0 spiro atoms. The Kier molecular flexibility index (Phi) is 4.09. The molecular weight excluding hydrogens is 297 g/mol. The first-order valence-corrected chi connectivity index (χ1v) is 6.94. The van der Waals surface area contributed by atoms with Gasteiger partial charge >= 0.3 is 0 Å². The van der Waals surface area contributed by atoms with Crippen molar-refractivity contribution in [2.45, 2.75) is 39.0 Å². The third kappa shape index (κ3) is 2.76. The Morgan fingerprint density at radius 1 is 1.44 bits per heavy atom. The third-order valence-electron chi connectivity index (χ3n) is 3.94. The van der Waals surface area contributed by atoms with Crippen LogP contribution in [0.5, 0.6) is 0 Å². The summed E-state index contributed by atoms with van der Waals surface area (Å²) in [5.41, 5.74) is 1.10. The summed E-state index contributed by atoms with van der Waals surface area (Å²) >= 11 is 3.31. The summed E-state index contributed by atoms with van der Waals surface area (Å²) in [7, 11) is 1.76. The summed E-state index contributed by atoms with van der Waals surface area (Å²) in [4.78, 5) is 0. The molecule has 1 aromatic rings. The first-order valence-electron chi connectivity index (χ1n) is 6.14. The highest BCUT2D eigenvalue weighted by Gasteiger charge is 2.48. The largest absolute Gasteiger partial charge is 0.381 e. The minimum Gasteiger partial charge on any atom is -0.381 e. The molecule has 0 saturated heterocycles. The van der Waals surface area contributed by atoms with Crippen molar-refractivity contribution in [3.05, 3.63) is 34.1 Å². The predicted molar refractivity (Wildman–Crippen MR) is 73.9 cm³/mol. The van der Waals surface area contributed by atoms with Crippen molar-refractivity contribution in [2.24, 2.45) is 5.41 Å². The number of hydrogen-bond donors (Lipinski definition) is 1. The summed E-state index contributed by atoms with van der Waals surface area (Å²) in [6.45, 7) is 5.08. The minimum absolute atomic E-state index is 0.138. The topological polar surface area (TPSA) is 21.3 Å². The maximum atomic E-state index is 13.2. The van der Waals surface area contributed by atoms with Gasteiger partial charge in [0.05, 0.1) is 6.10 Å². The van der Waals surface area contributed by atoms with Crippen LogP contribution in [-0.4, -0.2) is 19.3 Å². The van der Waals surface area contributed by atoms with Gasteiger partial charge in [-0.05, 0) is 30.2 Å². The number of ether oxygens (including phenoxy) is 1. The molecule has 2 atom stereocenters. The van der Waals surface area contributed by atoms with E-state index in [9.17, 15) is 4.39 Å². The van der Waals surface area contributed by atoms with Gasteiger partial charge in [0.25, 0.3) is 0 Å². The van der Waals surface area contributed by atoms with Crippen LogP contribution in [0.25, 0.3) is 0 Å². The lowest BCUT2D eigenvalue weighted by Gasteiger charge is -2.51. The van der Waals surface area contributed by atoms with Crippen molar-refractivity contribution in [3.63, 3.8) is 0 Å². The zero-order chi connectivity index (χ0) is 13.3. The molecule has 18 heavy (non-hydrogen) atoms. The van der Waals surface area contributed by atoms with E-state index in [2.05, 4.69) is 35.1 Å². The Morgan fingerprint density at radius 3 is 2.72 bits per heavy atom. The summed E-state index contributed by atoms with van der Waals surface area (Å²) in [6.07, 6.45) is 1.33. The SMILES string of the molecule is COC1CC(NCc2cc(F)cc(Br)c2)C1(C)C. The van der Waals surface area contributed by atoms with Gasteiger partial charge in [-0.1, -0.05) is 29.8 Å². The number of methoxy groups -OCH3 is 1. The van der Waals surface area contributed by atoms with Crippen molar-refractivity contribution in [2.75, 3.05) is 7.11 Å². The monoisotopic (exact) mass is 315 g/mol. The minimum atomic E-state index is -0.205. The van der Waals surface area contributed by atoms with Crippen LogP contribution in [0.1, 0.15) is 25.8 Å². The second kappa shape index (κ2) is 5.27. The van der Waals surface area contributed by atoms with E-state index in [1.165, 1.54) is 6.07 Å². The highest BCUT2D eigenvalue weighted by atomic mass is 79.9. The molecule has 0 aliphatic heterocycles. The van der Waals surface area contributed by atoms with E-state index in [-0.39, 0.29) is 11.2 Å². The summed E-state index contributed by atoms with van der Waals surface area (Å²) in [5.74, 6) is -0.205. The van der Waals surface area contributed by atoms with E-state index in [4.69, 9.17) is 4.74 Å². The zero-order valence-corrected chi connectivity index (χ0v) is 12.6. The smallest absolute Gasteiger partial charge is 0.124 e. The Bertz CT molecular complexity index is 416. The van der Waals surface area contributed by atoms with Gasteiger partial charge in [0.15, 0.2) is 0 Å². The second-order valence-electron chi connectivity index (χ2n) is 5.49. The van der Waals surface area contributed by atoms with Gasteiger partial charge in [-0.2, -0.15) is 0 Å². The first-order chi connectivity index (χ1) is 8.43. The molecule has 0 heterocycles. The highest BCUT2D eigenvalue weighted by molar-refractivity contribution is 9.10. The lowest BCUT2D eigenvalue weighted by molar-refractivity contribution is -0.0979. The molecule has 1 N–H and O–H groups in total. The molecule has 2 rings (SSSR count). The zero-order valence-electron chi connectivity index (χ0n) is 11.0. The van der Waals surface area contributed by atoms with E-state index < -0.39 is 0 Å².